The predicted molar refractivity (Wildman–Crippen MR) is 128 cm³/mol. The highest BCUT2D eigenvalue weighted by molar-refractivity contribution is 5.75. The second-order valence-electron chi connectivity index (χ2n) is 10.0. The number of rotatable bonds is 10. The first-order valence-corrected chi connectivity index (χ1v) is 13.2. The molecule has 2 aliphatic rings. The molecule has 0 spiro atoms. The fourth-order valence-electron chi connectivity index (χ4n) is 5.29. The normalized spacial score (nSPS) is 26.9. The summed E-state index contributed by atoms with van der Waals surface area (Å²) < 4.78 is 38.2. The molecule has 0 saturated heterocycles. The van der Waals surface area contributed by atoms with Crippen molar-refractivity contribution in [3.05, 3.63) is 35.4 Å². The van der Waals surface area contributed by atoms with Gasteiger partial charge in [-0.3, -0.25) is 0 Å². The molecule has 0 bridgehead atoms. The number of alkyl halides is 2. The monoisotopic (exact) mass is 478 g/mol. The Morgan fingerprint density at radius 1 is 0.706 bits per heavy atom. The van der Waals surface area contributed by atoms with Crippen LogP contribution in [0.5, 0.6) is 0 Å². The number of carbonyl (C=O) groups excluding carboxylic acids is 2. The van der Waals surface area contributed by atoms with E-state index in [1.54, 1.807) is 0 Å². The zero-order valence-corrected chi connectivity index (χ0v) is 20.6. The second-order valence-corrected chi connectivity index (χ2v) is 10.0. The molecule has 0 radical (unpaired) electrons. The molecule has 0 unspecified atom stereocenters. The van der Waals surface area contributed by atoms with Gasteiger partial charge in [-0.1, -0.05) is 51.0 Å². The van der Waals surface area contributed by atoms with Gasteiger partial charge in [0.15, 0.2) is 12.3 Å². The summed E-state index contributed by atoms with van der Waals surface area (Å²) in [5.74, 6) is -0.533. The van der Waals surface area contributed by atoms with E-state index in [4.69, 9.17) is 9.47 Å². The summed E-state index contributed by atoms with van der Waals surface area (Å²) in [4.78, 5) is 23.7. The Bertz CT molecular complexity index is 700. The van der Waals surface area contributed by atoms with Crippen molar-refractivity contribution in [1.82, 2.24) is 0 Å². The van der Waals surface area contributed by atoms with Gasteiger partial charge in [-0.2, -0.15) is 0 Å². The van der Waals surface area contributed by atoms with Crippen LogP contribution in [-0.2, 0) is 19.1 Å². The summed E-state index contributed by atoms with van der Waals surface area (Å²) >= 11 is 0. The highest BCUT2D eigenvalue weighted by Crippen LogP contribution is 2.37. The molecule has 3 rings (SSSR count). The Balaban J connectivity index is 1.42. The maximum absolute atomic E-state index is 13.7. The van der Waals surface area contributed by atoms with Crippen LogP contribution in [-0.4, -0.2) is 36.5 Å². The zero-order valence-electron chi connectivity index (χ0n) is 20.6. The van der Waals surface area contributed by atoms with Crippen molar-refractivity contribution in [2.75, 3.05) is 0 Å². The lowest BCUT2D eigenvalue weighted by molar-refractivity contribution is -0.157. The van der Waals surface area contributed by atoms with Crippen molar-refractivity contribution < 1.29 is 27.8 Å². The molecule has 1 aromatic carbocycles. The van der Waals surface area contributed by atoms with E-state index >= 15 is 0 Å². The highest BCUT2D eigenvalue weighted by atomic mass is 19.1. The molecule has 0 N–H and O–H groups in total. The molecular weight excluding hydrogens is 438 g/mol. The quantitative estimate of drug-likeness (QED) is 0.337. The number of halogens is 2. The Labute approximate surface area is 202 Å². The van der Waals surface area contributed by atoms with Crippen molar-refractivity contribution in [1.29, 1.82) is 0 Å². The maximum atomic E-state index is 13.7. The molecule has 6 heteroatoms. The third-order valence-corrected chi connectivity index (χ3v) is 7.39. The minimum absolute atomic E-state index is 0.169. The summed E-state index contributed by atoms with van der Waals surface area (Å²) in [6, 6.07) is 8.82. The predicted octanol–water partition coefficient (Wildman–Crippen LogP) is 7.10. The van der Waals surface area contributed by atoms with E-state index in [2.05, 4.69) is 24.3 Å². The lowest BCUT2D eigenvalue weighted by atomic mass is 9.80. The third-order valence-electron chi connectivity index (χ3n) is 7.39. The molecule has 0 aromatic heterocycles. The first kappa shape index (κ1) is 26.6. The molecular formula is C28H40F2O4. The summed E-state index contributed by atoms with van der Waals surface area (Å²) in [7, 11) is 0. The van der Waals surface area contributed by atoms with E-state index in [9.17, 15) is 18.4 Å². The number of hydrogen-bond acceptors (Lipinski definition) is 4. The molecule has 0 heterocycles. The lowest BCUT2D eigenvalue weighted by Crippen LogP contribution is -2.28. The zero-order chi connectivity index (χ0) is 24.5. The molecule has 0 aliphatic heterocycles. The lowest BCUT2D eigenvalue weighted by Gasteiger charge is -2.30. The minimum Gasteiger partial charge on any atom is -0.460 e. The standard InChI is InChI=1S/C28H40F2O4/c1-3-5-25(29)27(31)33-23-15-11-21(12-16-23)19-7-9-20(10-8-19)22-13-17-24(18-14-22)34-28(32)26(30)6-4-2/h7-10,21-26H,3-6,11-18H2,1-2H3/t21-,22-,23-,24-,25-,26-/m0/s1. The first-order chi connectivity index (χ1) is 16.4. The summed E-state index contributed by atoms with van der Waals surface area (Å²) in [5.41, 5.74) is 2.60. The Morgan fingerprint density at radius 2 is 1.03 bits per heavy atom. The van der Waals surface area contributed by atoms with Gasteiger partial charge >= 0.3 is 11.9 Å². The van der Waals surface area contributed by atoms with Crippen LogP contribution >= 0.6 is 0 Å². The average Bonchev–Trinajstić information content (AvgIpc) is 2.85. The topological polar surface area (TPSA) is 52.6 Å². The molecule has 2 fully saturated rings. The van der Waals surface area contributed by atoms with Gasteiger partial charge in [0, 0.05) is 0 Å². The van der Waals surface area contributed by atoms with Gasteiger partial charge in [0.05, 0.1) is 0 Å². The largest absolute Gasteiger partial charge is 0.460 e. The van der Waals surface area contributed by atoms with E-state index < -0.39 is 24.3 Å². The van der Waals surface area contributed by atoms with Crippen LogP contribution in [0.25, 0.3) is 0 Å². The van der Waals surface area contributed by atoms with Crippen molar-refractivity contribution in [3.63, 3.8) is 0 Å². The first-order valence-electron chi connectivity index (χ1n) is 13.2. The van der Waals surface area contributed by atoms with E-state index in [1.807, 2.05) is 13.8 Å². The Kier molecular flexibility index (Phi) is 10.3. The Hall–Kier alpha value is -1.98. The van der Waals surface area contributed by atoms with Crippen LogP contribution in [0.2, 0.25) is 0 Å². The second kappa shape index (κ2) is 13.2. The number of esters is 2. The van der Waals surface area contributed by atoms with Gasteiger partial charge in [0.2, 0.25) is 0 Å². The average molecular weight is 479 g/mol. The smallest absolute Gasteiger partial charge is 0.340 e. The van der Waals surface area contributed by atoms with Crippen LogP contribution in [0.15, 0.2) is 24.3 Å². The van der Waals surface area contributed by atoms with Crippen molar-refractivity contribution in [2.45, 2.75) is 127 Å². The number of carbonyl (C=O) groups is 2. The molecule has 4 nitrogen and oxygen atoms in total. The maximum Gasteiger partial charge on any atom is 0.340 e. The molecule has 2 saturated carbocycles. The third kappa shape index (κ3) is 7.51. The Morgan fingerprint density at radius 3 is 1.32 bits per heavy atom. The van der Waals surface area contributed by atoms with E-state index in [1.165, 1.54) is 11.1 Å². The molecule has 190 valence electrons. The van der Waals surface area contributed by atoms with Crippen LogP contribution in [0.3, 0.4) is 0 Å². The van der Waals surface area contributed by atoms with Crippen molar-refractivity contribution >= 4 is 11.9 Å². The van der Waals surface area contributed by atoms with Gasteiger partial charge in [-0.25, -0.2) is 18.4 Å². The van der Waals surface area contributed by atoms with Gasteiger partial charge < -0.3 is 9.47 Å². The van der Waals surface area contributed by atoms with Crippen LogP contribution in [0.4, 0.5) is 8.78 Å². The van der Waals surface area contributed by atoms with E-state index in [0.29, 0.717) is 24.7 Å². The molecule has 0 amide bonds. The van der Waals surface area contributed by atoms with Gasteiger partial charge in [-0.05, 0) is 87.2 Å². The SMILES string of the molecule is CCC[C@H](F)C(=O)O[C@H]1CC[C@H](c2ccc([C@H]3CC[C@H](OC(=O)[C@@H](F)CCC)CC3)cc2)CC1. The van der Waals surface area contributed by atoms with E-state index in [-0.39, 0.29) is 25.0 Å². The highest BCUT2D eigenvalue weighted by Gasteiger charge is 2.29. The molecule has 2 aliphatic carbocycles. The van der Waals surface area contributed by atoms with Gasteiger partial charge in [0.1, 0.15) is 12.2 Å². The number of benzene rings is 1. The number of hydrogen-bond donors (Lipinski definition) is 0. The summed E-state index contributed by atoms with van der Waals surface area (Å²) in [5, 5.41) is 0. The minimum atomic E-state index is -1.50. The van der Waals surface area contributed by atoms with Crippen molar-refractivity contribution in [2.24, 2.45) is 0 Å². The van der Waals surface area contributed by atoms with Crippen LogP contribution in [0.1, 0.15) is 114 Å². The van der Waals surface area contributed by atoms with E-state index in [0.717, 1.165) is 51.4 Å². The van der Waals surface area contributed by atoms with Crippen LogP contribution in [0, 0.1) is 0 Å². The summed E-state index contributed by atoms with van der Waals surface area (Å²) in [6.45, 7) is 3.71. The number of ether oxygens (including phenoxy) is 2. The molecule has 1 aromatic rings. The fraction of sp³-hybridized carbons (Fsp3) is 0.714. The summed E-state index contributed by atoms with van der Waals surface area (Å²) in [6.07, 6.45) is 5.22. The fourth-order valence-corrected chi connectivity index (χ4v) is 5.29. The van der Waals surface area contributed by atoms with Gasteiger partial charge in [0.25, 0.3) is 0 Å². The van der Waals surface area contributed by atoms with Crippen molar-refractivity contribution in [3.8, 4) is 0 Å². The molecule has 2 atom stereocenters. The van der Waals surface area contributed by atoms with Gasteiger partial charge in [-0.15, -0.1) is 0 Å². The molecule has 34 heavy (non-hydrogen) atoms. The van der Waals surface area contributed by atoms with Crippen LogP contribution < -0.4 is 0 Å².